The first-order valence-electron chi connectivity index (χ1n) is 9.35. The van der Waals surface area contributed by atoms with Gasteiger partial charge in [0.15, 0.2) is 11.5 Å². The molecule has 0 bridgehead atoms. The minimum Gasteiger partial charge on any atom is -0.454 e. The van der Waals surface area contributed by atoms with Crippen LogP contribution in [0.3, 0.4) is 0 Å². The van der Waals surface area contributed by atoms with Gasteiger partial charge in [-0.25, -0.2) is 4.79 Å². The van der Waals surface area contributed by atoms with Crippen LogP contribution in [-0.2, 0) is 0 Å². The Morgan fingerprint density at radius 3 is 2.54 bits per heavy atom. The van der Waals surface area contributed by atoms with Gasteiger partial charge in [-0.3, -0.25) is 4.90 Å². The highest BCUT2D eigenvalue weighted by Gasteiger charge is 2.17. The Labute approximate surface area is 169 Å². The molecule has 0 saturated carbocycles. The number of halogens is 1. The van der Waals surface area contributed by atoms with Gasteiger partial charge >= 0.3 is 6.03 Å². The molecule has 0 radical (unpaired) electrons. The molecule has 28 heavy (non-hydrogen) atoms. The van der Waals surface area contributed by atoms with Crippen molar-refractivity contribution in [3.63, 3.8) is 0 Å². The lowest BCUT2D eigenvalue weighted by Gasteiger charge is -2.36. The maximum absolute atomic E-state index is 12.1. The van der Waals surface area contributed by atoms with Gasteiger partial charge < -0.3 is 25.0 Å². The summed E-state index contributed by atoms with van der Waals surface area (Å²) in [4.78, 5) is 16.8. The molecule has 2 amide bonds. The first-order valence-corrected chi connectivity index (χ1v) is 9.72. The Balaban J connectivity index is 1.16. The Hall–Kier alpha value is -2.64. The van der Waals surface area contributed by atoms with Gasteiger partial charge in [0.05, 0.1) is 0 Å². The second kappa shape index (κ2) is 8.58. The van der Waals surface area contributed by atoms with E-state index in [1.165, 1.54) is 5.69 Å². The number of ether oxygens (including phenoxy) is 2. The first kappa shape index (κ1) is 18.7. The first-order chi connectivity index (χ1) is 13.7. The molecule has 2 aliphatic rings. The quantitative estimate of drug-likeness (QED) is 0.804. The predicted octanol–water partition coefficient (Wildman–Crippen LogP) is 3.01. The van der Waals surface area contributed by atoms with Crippen LogP contribution in [0.4, 0.5) is 16.2 Å². The van der Waals surface area contributed by atoms with Gasteiger partial charge in [0.2, 0.25) is 6.79 Å². The number of anilines is 2. The Bertz CT molecular complexity index is 823. The molecule has 1 fully saturated rings. The molecule has 2 heterocycles. The number of benzene rings is 2. The van der Waals surface area contributed by atoms with E-state index in [-0.39, 0.29) is 12.8 Å². The standard InChI is InChI=1S/C20H23ClN4O3/c21-15-1-4-17(5-2-15)25-11-9-24(10-12-25)8-7-22-20(26)23-16-3-6-18-19(13-16)28-14-27-18/h1-6,13H,7-12,14H2,(H2,22,23,26). The number of hydrogen-bond acceptors (Lipinski definition) is 5. The Kier molecular flexibility index (Phi) is 5.73. The van der Waals surface area contributed by atoms with Crippen LogP contribution in [0.15, 0.2) is 42.5 Å². The van der Waals surface area contributed by atoms with Crippen LogP contribution >= 0.6 is 11.6 Å². The number of nitrogens with zero attached hydrogens (tertiary/aromatic N) is 2. The van der Waals surface area contributed by atoms with Crippen LogP contribution in [0.25, 0.3) is 0 Å². The van der Waals surface area contributed by atoms with Crippen LogP contribution in [0.5, 0.6) is 11.5 Å². The molecule has 2 aliphatic heterocycles. The van der Waals surface area contributed by atoms with Gasteiger partial charge in [-0.2, -0.15) is 0 Å². The number of rotatable bonds is 5. The number of fused-ring (bicyclic) bond motifs is 1. The predicted molar refractivity (Wildman–Crippen MR) is 110 cm³/mol. The summed E-state index contributed by atoms with van der Waals surface area (Å²) in [6.07, 6.45) is 0. The molecule has 2 aromatic carbocycles. The van der Waals surface area contributed by atoms with E-state index < -0.39 is 0 Å². The number of hydrogen-bond donors (Lipinski definition) is 2. The molecule has 4 rings (SSSR count). The van der Waals surface area contributed by atoms with E-state index in [9.17, 15) is 4.79 Å². The third-order valence-electron chi connectivity index (χ3n) is 4.91. The maximum atomic E-state index is 12.1. The molecule has 0 spiro atoms. The number of carbonyl (C=O) groups excluding carboxylic acids is 1. The van der Waals surface area contributed by atoms with Gasteiger partial charge in [0.25, 0.3) is 0 Å². The summed E-state index contributed by atoms with van der Waals surface area (Å²) < 4.78 is 10.6. The lowest BCUT2D eigenvalue weighted by atomic mass is 10.2. The molecule has 2 aromatic rings. The zero-order chi connectivity index (χ0) is 19.3. The number of piperazine rings is 1. The summed E-state index contributed by atoms with van der Waals surface area (Å²) in [6, 6.07) is 13.1. The molecular weight excluding hydrogens is 380 g/mol. The van der Waals surface area contributed by atoms with Crippen LogP contribution in [0, 0.1) is 0 Å². The normalized spacial score (nSPS) is 16.1. The third-order valence-corrected chi connectivity index (χ3v) is 5.16. The van der Waals surface area contributed by atoms with Crippen molar-refractivity contribution < 1.29 is 14.3 Å². The van der Waals surface area contributed by atoms with Gasteiger partial charge in [-0.05, 0) is 36.4 Å². The van der Waals surface area contributed by atoms with Crippen molar-refractivity contribution in [1.29, 1.82) is 0 Å². The Morgan fingerprint density at radius 2 is 1.75 bits per heavy atom. The average Bonchev–Trinajstić information content (AvgIpc) is 3.17. The van der Waals surface area contributed by atoms with Gasteiger partial charge in [-0.15, -0.1) is 0 Å². The smallest absolute Gasteiger partial charge is 0.319 e. The van der Waals surface area contributed by atoms with Gasteiger partial charge in [0, 0.05) is 61.7 Å². The van der Waals surface area contributed by atoms with Crippen molar-refractivity contribution in [3.05, 3.63) is 47.5 Å². The summed E-state index contributed by atoms with van der Waals surface area (Å²) in [5.74, 6) is 1.35. The summed E-state index contributed by atoms with van der Waals surface area (Å²) in [7, 11) is 0. The highest BCUT2D eigenvalue weighted by molar-refractivity contribution is 6.30. The molecule has 7 nitrogen and oxygen atoms in total. The van der Waals surface area contributed by atoms with Crippen LogP contribution in [0.2, 0.25) is 5.02 Å². The van der Waals surface area contributed by atoms with Crippen molar-refractivity contribution >= 4 is 29.0 Å². The van der Waals surface area contributed by atoms with Crippen molar-refractivity contribution in [2.75, 3.05) is 56.3 Å². The molecule has 0 atom stereocenters. The van der Waals surface area contributed by atoms with Crippen molar-refractivity contribution in [2.24, 2.45) is 0 Å². The van der Waals surface area contributed by atoms with E-state index in [1.54, 1.807) is 18.2 Å². The van der Waals surface area contributed by atoms with E-state index in [2.05, 4.69) is 32.6 Å². The van der Waals surface area contributed by atoms with Crippen molar-refractivity contribution in [3.8, 4) is 11.5 Å². The summed E-state index contributed by atoms with van der Waals surface area (Å²) in [5.41, 5.74) is 1.88. The number of carbonyl (C=O) groups is 1. The molecule has 8 heteroatoms. The second-order valence-corrected chi connectivity index (χ2v) is 7.19. The van der Waals surface area contributed by atoms with Crippen LogP contribution in [0.1, 0.15) is 0 Å². The van der Waals surface area contributed by atoms with E-state index in [1.807, 2.05) is 12.1 Å². The van der Waals surface area contributed by atoms with Crippen molar-refractivity contribution in [2.45, 2.75) is 0 Å². The van der Waals surface area contributed by atoms with E-state index in [0.29, 0.717) is 23.7 Å². The molecule has 0 unspecified atom stereocenters. The fourth-order valence-electron chi connectivity index (χ4n) is 3.36. The summed E-state index contributed by atoms with van der Waals surface area (Å²) in [5, 5.41) is 6.48. The molecule has 0 aromatic heterocycles. The number of nitrogens with one attached hydrogen (secondary N) is 2. The molecular formula is C20H23ClN4O3. The van der Waals surface area contributed by atoms with E-state index in [4.69, 9.17) is 21.1 Å². The number of urea groups is 1. The third kappa shape index (κ3) is 4.61. The fraction of sp³-hybridized carbons (Fsp3) is 0.350. The topological polar surface area (TPSA) is 66.1 Å². The lowest BCUT2D eigenvalue weighted by Crippen LogP contribution is -2.48. The zero-order valence-corrected chi connectivity index (χ0v) is 16.2. The number of amides is 2. The molecule has 148 valence electrons. The maximum Gasteiger partial charge on any atom is 0.319 e. The lowest BCUT2D eigenvalue weighted by molar-refractivity contribution is 0.174. The monoisotopic (exact) mass is 402 g/mol. The highest BCUT2D eigenvalue weighted by atomic mass is 35.5. The van der Waals surface area contributed by atoms with Gasteiger partial charge in [-0.1, -0.05) is 11.6 Å². The van der Waals surface area contributed by atoms with E-state index in [0.717, 1.165) is 37.7 Å². The van der Waals surface area contributed by atoms with Crippen LogP contribution < -0.4 is 25.0 Å². The summed E-state index contributed by atoms with van der Waals surface area (Å²) >= 11 is 5.95. The average molecular weight is 403 g/mol. The molecule has 0 aliphatic carbocycles. The van der Waals surface area contributed by atoms with Crippen LogP contribution in [-0.4, -0.2) is 57.0 Å². The zero-order valence-electron chi connectivity index (χ0n) is 15.5. The SMILES string of the molecule is O=C(NCCN1CCN(c2ccc(Cl)cc2)CC1)Nc1ccc2c(c1)OCO2. The van der Waals surface area contributed by atoms with E-state index >= 15 is 0 Å². The highest BCUT2D eigenvalue weighted by Crippen LogP contribution is 2.34. The molecule has 2 N–H and O–H groups in total. The molecule has 1 saturated heterocycles. The minimum absolute atomic E-state index is 0.219. The van der Waals surface area contributed by atoms with Crippen molar-refractivity contribution in [1.82, 2.24) is 10.2 Å². The van der Waals surface area contributed by atoms with Gasteiger partial charge in [0.1, 0.15) is 0 Å². The summed E-state index contributed by atoms with van der Waals surface area (Å²) in [6.45, 7) is 5.49. The fourth-order valence-corrected chi connectivity index (χ4v) is 3.48. The minimum atomic E-state index is -0.223. The Morgan fingerprint density at radius 1 is 1.00 bits per heavy atom. The largest absolute Gasteiger partial charge is 0.454 e. The second-order valence-electron chi connectivity index (χ2n) is 6.75.